The predicted molar refractivity (Wildman–Crippen MR) is 109 cm³/mol. The second-order valence-electron chi connectivity index (χ2n) is 6.71. The van der Waals surface area contributed by atoms with E-state index in [2.05, 4.69) is 81.1 Å². The first kappa shape index (κ1) is 17.9. The van der Waals surface area contributed by atoms with E-state index in [0.29, 0.717) is 0 Å². The average molecular weight is 351 g/mol. The van der Waals surface area contributed by atoms with Crippen LogP contribution in [0.2, 0.25) is 0 Å². The minimum absolute atomic E-state index is 1.04. The van der Waals surface area contributed by atoms with Gasteiger partial charge in [-0.05, 0) is 38.3 Å². The first-order valence-electron chi connectivity index (χ1n) is 9.30. The van der Waals surface area contributed by atoms with Crippen LogP contribution in [0.1, 0.15) is 48.0 Å². The SMILES string of the molecule is CCc1cccc(-c2cc(C)cc(C)c2)c1-[n+]1csc(CC)c1CC. The monoisotopic (exact) mass is 350 g/mol. The van der Waals surface area contributed by atoms with Gasteiger partial charge in [0.2, 0.25) is 16.9 Å². The lowest BCUT2D eigenvalue weighted by Crippen LogP contribution is -2.35. The van der Waals surface area contributed by atoms with Crippen LogP contribution in [0.4, 0.5) is 0 Å². The normalized spacial score (nSPS) is 11.1. The third-order valence-electron chi connectivity index (χ3n) is 4.84. The van der Waals surface area contributed by atoms with Gasteiger partial charge in [0.05, 0.1) is 10.4 Å². The van der Waals surface area contributed by atoms with Crippen molar-refractivity contribution in [1.29, 1.82) is 0 Å². The van der Waals surface area contributed by atoms with Crippen LogP contribution in [0, 0.1) is 13.8 Å². The van der Waals surface area contributed by atoms with Crippen LogP contribution in [0.3, 0.4) is 0 Å². The van der Waals surface area contributed by atoms with Crippen LogP contribution < -0.4 is 4.57 Å². The van der Waals surface area contributed by atoms with E-state index in [-0.39, 0.29) is 0 Å². The van der Waals surface area contributed by atoms with Gasteiger partial charge in [0.1, 0.15) is 0 Å². The first-order valence-corrected chi connectivity index (χ1v) is 10.2. The van der Waals surface area contributed by atoms with Gasteiger partial charge in [-0.3, -0.25) is 0 Å². The van der Waals surface area contributed by atoms with Gasteiger partial charge in [-0.1, -0.05) is 73.6 Å². The second kappa shape index (κ2) is 7.53. The Morgan fingerprint density at radius 3 is 2.20 bits per heavy atom. The smallest absolute Gasteiger partial charge is 0.153 e. The maximum Gasteiger partial charge on any atom is 0.231 e. The molecule has 0 radical (unpaired) electrons. The minimum Gasteiger partial charge on any atom is -0.153 e. The lowest BCUT2D eigenvalue weighted by molar-refractivity contribution is -0.598. The summed E-state index contributed by atoms with van der Waals surface area (Å²) >= 11 is 1.89. The Morgan fingerprint density at radius 2 is 1.60 bits per heavy atom. The molecule has 2 heteroatoms. The molecule has 3 aromatic rings. The molecule has 0 N–H and O–H groups in total. The number of nitrogens with zero attached hydrogens (tertiary/aromatic N) is 1. The molecular weight excluding hydrogens is 322 g/mol. The molecule has 130 valence electrons. The maximum absolute atomic E-state index is 2.45. The molecule has 1 nitrogen and oxygen atoms in total. The highest BCUT2D eigenvalue weighted by molar-refractivity contribution is 7.09. The fraction of sp³-hybridized carbons (Fsp3) is 0.348. The van der Waals surface area contributed by atoms with Crippen molar-refractivity contribution < 1.29 is 4.57 Å². The van der Waals surface area contributed by atoms with E-state index in [1.807, 2.05) is 11.3 Å². The summed E-state index contributed by atoms with van der Waals surface area (Å²) in [5, 5.41) is 0. The van der Waals surface area contributed by atoms with E-state index >= 15 is 0 Å². The molecule has 0 amide bonds. The largest absolute Gasteiger partial charge is 0.231 e. The zero-order chi connectivity index (χ0) is 18.0. The number of thiazole rings is 1. The van der Waals surface area contributed by atoms with Crippen LogP contribution in [-0.2, 0) is 19.3 Å². The van der Waals surface area contributed by atoms with Crippen molar-refractivity contribution in [2.45, 2.75) is 53.9 Å². The summed E-state index contributed by atoms with van der Waals surface area (Å²) in [5.74, 6) is 0. The molecule has 0 aliphatic carbocycles. The van der Waals surface area contributed by atoms with Gasteiger partial charge < -0.3 is 0 Å². The number of hydrogen-bond acceptors (Lipinski definition) is 1. The van der Waals surface area contributed by atoms with Crippen molar-refractivity contribution in [3.8, 4) is 16.8 Å². The third-order valence-corrected chi connectivity index (χ3v) is 5.97. The highest BCUT2D eigenvalue weighted by Gasteiger charge is 2.25. The lowest BCUT2D eigenvalue weighted by Gasteiger charge is -2.11. The minimum atomic E-state index is 1.04. The molecule has 0 bridgehead atoms. The molecule has 2 aromatic carbocycles. The summed E-state index contributed by atoms with van der Waals surface area (Å²) in [6, 6.07) is 13.6. The molecule has 0 aliphatic rings. The highest BCUT2D eigenvalue weighted by Crippen LogP contribution is 2.30. The van der Waals surface area contributed by atoms with Gasteiger partial charge >= 0.3 is 0 Å². The lowest BCUT2D eigenvalue weighted by atomic mass is 9.95. The number of para-hydroxylation sites is 1. The first-order chi connectivity index (χ1) is 12.1. The Bertz CT molecular complexity index is 869. The van der Waals surface area contributed by atoms with Gasteiger partial charge in [0.25, 0.3) is 0 Å². The second-order valence-corrected chi connectivity index (χ2v) is 7.65. The molecule has 1 aromatic heterocycles. The maximum atomic E-state index is 2.45. The topological polar surface area (TPSA) is 3.88 Å². The van der Waals surface area contributed by atoms with E-state index in [1.54, 1.807) is 0 Å². The van der Waals surface area contributed by atoms with Gasteiger partial charge in [-0.25, -0.2) is 0 Å². The van der Waals surface area contributed by atoms with Gasteiger partial charge in [0, 0.05) is 12.0 Å². The Morgan fingerprint density at radius 1 is 0.880 bits per heavy atom. The van der Waals surface area contributed by atoms with E-state index in [9.17, 15) is 0 Å². The predicted octanol–water partition coefficient (Wildman–Crippen LogP) is 6.00. The highest BCUT2D eigenvalue weighted by atomic mass is 32.1. The number of benzene rings is 2. The van der Waals surface area contributed by atoms with E-state index in [0.717, 1.165) is 19.3 Å². The molecule has 0 atom stereocenters. The fourth-order valence-electron chi connectivity index (χ4n) is 3.75. The molecule has 0 spiro atoms. The van der Waals surface area contributed by atoms with Gasteiger partial charge in [0.15, 0.2) is 0 Å². The van der Waals surface area contributed by atoms with Crippen LogP contribution >= 0.6 is 11.3 Å². The number of rotatable bonds is 5. The van der Waals surface area contributed by atoms with Crippen molar-refractivity contribution >= 4 is 11.3 Å². The van der Waals surface area contributed by atoms with E-state index in [4.69, 9.17) is 0 Å². The molecular formula is C23H28NS+. The Kier molecular flexibility index (Phi) is 5.39. The quantitative estimate of drug-likeness (QED) is 0.497. The van der Waals surface area contributed by atoms with Crippen LogP contribution in [0.5, 0.6) is 0 Å². The summed E-state index contributed by atoms with van der Waals surface area (Å²) in [6.45, 7) is 11.1. The molecule has 25 heavy (non-hydrogen) atoms. The number of aryl methyl sites for hydroxylation is 4. The molecule has 3 rings (SSSR count). The van der Waals surface area contributed by atoms with Crippen molar-refractivity contribution in [2.75, 3.05) is 0 Å². The standard InChI is InChI=1S/C23H28NS/c1-6-18-10-9-11-20(19-13-16(4)12-17(5)14-19)23(18)24-15-25-22(8-3)21(24)7-2/h9-15H,6-8H2,1-5H3/q+1. The molecule has 0 fully saturated rings. The summed E-state index contributed by atoms with van der Waals surface area (Å²) in [4.78, 5) is 1.50. The zero-order valence-corrected chi connectivity index (χ0v) is 16.8. The fourth-order valence-corrected chi connectivity index (χ4v) is 4.76. The molecule has 0 aliphatic heterocycles. The molecule has 1 heterocycles. The van der Waals surface area contributed by atoms with Crippen LogP contribution in [-0.4, -0.2) is 0 Å². The molecule has 0 saturated heterocycles. The van der Waals surface area contributed by atoms with Crippen molar-refractivity contribution in [3.05, 3.63) is 69.2 Å². The van der Waals surface area contributed by atoms with Gasteiger partial charge in [-0.15, -0.1) is 0 Å². The van der Waals surface area contributed by atoms with Crippen molar-refractivity contribution in [2.24, 2.45) is 0 Å². The van der Waals surface area contributed by atoms with Crippen molar-refractivity contribution in [1.82, 2.24) is 0 Å². The van der Waals surface area contributed by atoms with Crippen LogP contribution in [0.15, 0.2) is 41.9 Å². The summed E-state index contributed by atoms with van der Waals surface area (Å²) in [6.07, 6.45) is 3.21. The third kappa shape index (κ3) is 3.41. The zero-order valence-electron chi connectivity index (χ0n) is 16.0. The van der Waals surface area contributed by atoms with E-state index < -0.39 is 0 Å². The Hall–Kier alpha value is -1.93. The Labute approximate surface area is 156 Å². The number of aromatic nitrogens is 1. The van der Waals surface area contributed by atoms with Crippen LogP contribution in [0.25, 0.3) is 16.8 Å². The summed E-state index contributed by atoms with van der Waals surface area (Å²) in [7, 11) is 0. The molecule has 0 saturated carbocycles. The summed E-state index contributed by atoms with van der Waals surface area (Å²) in [5.41, 5.74) is 11.8. The van der Waals surface area contributed by atoms with E-state index in [1.165, 1.54) is 44.1 Å². The van der Waals surface area contributed by atoms with Gasteiger partial charge in [-0.2, -0.15) is 4.57 Å². The average Bonchev–Trinajstić information content (AvgIpc) is 3.02. The Balaban J connectivity index is 2.31. The number of hydrogen-bond donors (Lipinski definition) is 0. The summed E-state index contributed by atoms with van der Waals surface area (Å²) < 4.78 is 2.45. The van der Waals surface area contributed by atoms with Crippen molar-refractivity contribution in [3.63, 3.8) is 0 Å². The molecule has 0 unspecified atom stereocenters.